The van der Waals surface area contributed by atoms with E-state index in [0.717, 1.165) is 37.9 Å². The molecule has 0 saturated heterocycles. The fraction of sp³-hybridized carbons (Fsp3) is 0.667. The van der Waals surface area contributed by atoms with Crippen molar-refractivity contribution in [2.45, 2.75) is 38.3 Å². The highest BCUT2D eigenvalue weighted by molar-refractivity contribution is 5.64. The Labute approximate surface area is 167 Å². The molecule has 0 unspecified atom stereocenters. The molecule has 28 heavy (non-hydrogen) atoms. The molecule has 0 heterocycles. The highest BCUT2D eigenvalue weighted by Crippen LogP contribution is 2.24. The molecule has 0 radical (unpaired) electrons. The van der Waals surface area contributed by atoms with Gasteiger partial charge < -0.3 is 29.4 Å². The van der Waals surface area contributed by atoms with E-state index in [4.69, 9.17) is 24.1 Å². The molecule has 0 bridgehead atoms. The number of hydrogen-bond donors (Lipinski definition) is 2. The minimum atomic E-state index is -0.930. The molecular formula is C21H33NO6. The molecule has 0 aliphatic heterocycles. The van der Waals surface area contributed by atoms with Gasteiger partial charge in [0.1, 0.15) is 0 Å². The average molecular weight is 395 g/mol. The van der Waals surface area contributed by atoms with Crippen LogP contribution in [0.25, 0.3) is 0 Å². The van der Waals surface area contributed by atoms with Gasteiger partial charge in [0.15, 0.2) is 0 Å². The van der Waals surface area contributed by atoms with Gasteiger partial charge in [-0.15, -0.1) is 0 Å². The lowest BCUT2D eigenvalue weighted by Crippen LogP contribution is -2.37. The van der Waals surface area contributed by atoms with Gasteiger partial charge in [-0.3, -0.25) is 0 Å². The minimum absolute atomic E-state index is 0.0980. The van der Waals surface area contributed by atoms with Gasteiger partial charge in [0.25, 0.3) is 0 Å². The fourth-order valence-electron chi connectivity index (χ4n) is 3.22. The van der Waals surface area contributed by atoms with Crippen molar-refractivity contribution in [1.29, 1.82) is 0 Å². The third-order valence-electron chi connectivity index (χ3n) is 4.76. The second-order valence-electron chi connectivity index (χ2n) is 7.00. The van der Waals surface area contributed by atoms with Crippen LogP contribution >= 0.6 is 0 Å². The predicted octanol–water partition coefficient (Wildman–Crippen LogP) is 3.08. The molecule has 1 amide bonds. The molecule has 1 saturated carbocycles. The Kier molecular flexibility index (Phi) is 11.6. The summed E-state index contributed by atoms with van der Waals surface area (Å²) in [5.74, 6) is 0.520. The highest BCUT2D eigenvalue weighted by Gasteiger charge is 2.22. The van der Waals surface area contributed by atoms with Crippen LogP contribution in [0, 0.1) is 5.92 Å². The van der Waals surface area contributed by atoms with Crippen molar-refractivity contribution in [2.24, 2.45) is 5.92 Å². The van der Waals surface area contributed by atoms with Crippen molar-refractivity contribution in [3.8, 4) is 0 Å². The van der Waals surface area contributed by atoms with Crippen LogP contribution in [0.5, 0.6) is 0 Å². The Morgan fingerprint density at radius 2 is 1.43 bits per heavy atom. The highest BCUT2D eigenvalue weighted by atomic mass is 16.6. The summed E-state index contributed by atoms with van der Waals surface area (Å²) in [5.41, 5.74) is 1.16. The molecule has 7 heteroatoms. The Bertz CT molecular complexity index is 519. The number of carbonyl (C=O) groups is 1. The molecule has 1 aliphatic rings. The van der Waals surface area contributed by atoms with Crippen LogP contribution < -0.4 is 5.32 Å². The number of rotatable bonds is 14. The van der Waals surface area contributed by atoms with Crippen LogP contribution in [0.1, 0.15) is 31.2 Å². The summed E-state index contributed by atoms with van der Waals surface area (Å²) in [5, 5.41) is 11.3. The summed E-state index contributed by atoms with van der Waals surface area (Å²) in [6, 6.07) is 10.2. The zero-order chi connectivity index (χ0) is 19.9. The summed E-state index contributed by atoms with van der Waals surface area (Å²) in [7, 11) is 0. The van der Waals surface area contributed by atoms with Crippen molar-refractivity contribution in [2.75, 3.05) is 46.2 Å². The zero-order valence-electron chi connectivity index (χ0n) is 16.5. The van der Waals surface area contributed by atoms with Crippen LogP contribution in [0.15, 0.2) is 30.3 Å². The van der Waals surface area contributed by atoms with Gasteiger partial charge in [-0.25, -0.2) is 4.79 Å². The third kappa shape index (κ3) is 10.6. The Morgan fingerprint density at radius 3 is 2.04 bits per heavy atom. The lowest BCUT2D eigenvalue weighted by atomic mass is 9.86. The van der Waals surface area contributed by atoms with Gasteiger partial charge in [0, 0.05) is 12.6 Å². The minimum Gasteiger partial charge on any atom is -0.465 e. The van der Waals surface area contributed by atoms with E-state index < -0.39 is 6.09 Å². The van der Waals surface area contributed by atoms with Gasteiger partial charge in [-0.1, -0.05) is 30.3 Å². The molecule has 0 spiro atoms. The van der Waals surface area contributed by atoms with Gasteiger partial charge in [-0.05, 0) is 37.2 Å². The van der Waals surface area contributed by atoms with Crippen molar-refractivity contribution < 1.29 is 28.8 Å². The van der Waals surface area contributed by atoms with Crippen molar-refractivity contribution in [3.63, 3.8) is 0 Å². The van der Waals surface area contributed by atoms with Crippen molar-refractivity contribution >= 4 is 6.09 Å². The Balaban J connectivity index is 1.31. The third-order valence-corrected chi connectivity index (χ3v) is 4.76. The van der Waals surface area contributed by atoms with E-state index in [2.05, 4.69) is 5.32 Å². The summed E-state index contributed by atoms with van der Waals surface area (Å²) >= 11 is 0. The largest absolute Gasteiger partial charge is 0.465 e. The first-order chi connectivity index (χ1) is 13.7. The van der Waals surface area contributed by atoms with E-state index in [-0.39, 0.29) is 6.04 Å². The Hall–Kier alpha value is -1.67. The second kappa shape index (κ2) is 14.3. The average Bonchev–Trinajstić information content (AvgIpc) is 2.70. The molecule has 1 aliphatic carbocycles. The van der Waals surface area contributed by atoms with Crippen LogP contribution in [-0.2, 0) is 25.6 Å². The van der Waals surface area contributed by atoms with E-state index in [1.165, 1.54) is 0 Å². The summed E-state index contributed by atoms with van der Waals surface area (Å²) in [4.78, 5) is 10.6. The maximum atomic E-state index is 10.6. The number of carboxylic acid groups (broad SMARTS) is 1. The summed E-state index contributed by atoms with van der Waals surface area (Å²) < 4.78 is 22.2. The van der Waals surface area contributed by atoms with Crippen LogP contribution in [-0.4, -0.2) is 63.5 Å². The Morgan fingerprint density at radius 1 is 0.857 bits per heavy atom. The molecule has 0 aromatic heterocycles. The standard InChI is InChI=1S/C21H33NO6/c23-21(24)22-20-8-6-19(7-9-20)17-28-15-13-26-11-10-25-12-14-27-16-18-4-2-1-3-5-18/h1-5,19-20,22H,6-17H2,(H,23,24). The van der Waals surface area contributed by atoms with Gasteiger partial charge >= 0.3 is 6.09 Å². The first-order valence-corrected chi connectivity index (χ1v) is 10.1. The second-order valence-corrected chi connectivity index (χ2v) is 7.00. The number of nitrogens with one attached hydrogen (secondary N) is 1. The van der Waals surface area contributed by atoms with E-state index in [1.54, 1.807) is 0 Å². The maximum Gasteiger partial charge on any atom is 0.404 e. The molecular weight excluding hydrogens is 362 g/mol. The molecule has 7 nitrogen and oxygen atoms in total. The molecule has 2 N–H and O–H groups in total. The number of hydrogen-bond acceptors (Lipinski definition) is 5. The first-order valence-electron chi connectivity index (χ1n) is 10.1. The predicted molar refractivity (Wildman–Crippen MR) is 105 cm³/mol. The monoisotopic (exact) mass is 395 g/mol. The topological polar surface area (TPSA) is 86.3 Å². The quantitative estimate of drug-likeness (QED) is 0.471. The molecule has 0 atom stereocenters. The smallest absolute Gasteiger partial charge is 0.404 e. The van der Waals surface area contributed by atoms with Crippen LogP contribution in [0.3, 0.4) is 0 Å². The van der Waals surface area contributed by atoms with Gasteiger partial charge in [0.05, 0.1) is 46.2 Å². The number of benzene rings is 1. The zero-order valence-corrected chi connectivity index (χ0v) is 16.5. The lowest BCUT2D eigenvalue weighted by Gasteiger charge is -2.28. The normalized spacial score (nSPS) is 19.4. The van der Waals surface area contributed by atoms with E-state index in [1.807, 2.05) is 30.3 Å². The maximum absolute atomic E-state index is 10.6. The first kappa shape index (κ1) is 22.6. The summed E-state index contributed by atoms with van der Waals surface area (Å²) in [6.07, 6.45) is 2.87. The van der Waals surface area contributed by atoms with Crippen LogP contribution in [0.2, 0.25) is 0 Å². The van der Waals surface area contributed by atoms with E-state index >= 15 is 0 Å². The van der Waals surface area contributed by atoms with E-state index in [9.17, 15) is 4.79 Å². The van der Waals surface area contributed by atoms with Crippen molar-refractivity contribution in [1.82, 2.24) is 5.32 Å². The SMILES string of the molecule is O=C(O)NC1CCC(COCCOCCOCCOCc2ccccc2)CC1. The number of amides is 1. The molecule has 2 rings (SSSR count). The molecule has 1 aromatic rings. The summed E-state index contributed by atoms with van der Waals surface area (Å²) in [6.45, 7) is 4.70. The fourth-order valence-corrected chi connectivity index (χ4v) is 3.22. The number of ether oxygens (including phenoxy) is 4. The van der Waals surface area contributed by atoms with Crippen molar-refractivity contribution in [3.05, 3.63) is 35.9 Å². The van der Waals surface area contributed by atoms with Gasteiger partial charge in [0.2, 0.25) is 0 Å². The molecule has 158 valence electrons. The van der Waals surface area contributed by atoms with E-state index in [0.29, 0.717) is 52.2 Å². The molecule has 1 fully saturated rings. The van der Waals surface area contributed by atoms with Gasteiger partial charge in [-0.2, -0.15) is 0 Å². The molecule has 1 aromatic carbocycles. The lowest BCUT2D eigenvalue weighted by molar-refractivity contribution is -0.00972. The van der Waals surface area contributed by atoms with Crippen LogP contribution in [0.4, 0.5) is 4.79 Å².